The van der Waals surface area contributed by atoms with Crippen molar-refractivity contribution in [3.63, 3.8) is 0 Å². The molecule has 0 bridgehead atoms. The van der Waals surface area contributed by atoms with Crippen LogP contribution in [-0.4, -0.2) is 11.2 Å². The van der Waals surface area contributed by atoms with Gasteiger partial charge in [-0.2, -0.15) is 0 Å². The van der Waals surface area contributed by atoms with Crippen LogP contribution < -0.4 is 0 Å². The summed E-state index contributed by atoms with van der Waals surface area (Å²) >= 11 is 0. The molecule has 1 unspecified atom stereocenters. The van der Waals surface area contributed by atoms with Crippen LogP contribution in [0.15, 0.2) is 0 Å². The fourth-order valence-electron chi connectivity index (χ4n) is 1.99. The van der Waals surface area contributed by atoms with Crippen molar-refractivity contribution < 1.29 is 5.11 Å². The number of hydrogen-bond donors (Lipinski definition) is 1. The number of rotatable bonds is 9. The lowest BCUT2D eigenvalue weighted by Gasteiger charge is -2.18. The Morgan fingerprint density at radius 2 is 1.44 bits per heavy atom. The van der Waals surface area contributed by atoms with Crippen LogP contribution >= 0.6 is 0 Å². The first-order valence-corrected chi connectivity index (χ1v) is 7.14. The second kappa shape index (κ2) is 9.04. The van der Waals surface area contributed by atoms with Crippen LogP contribution in [0, 0.1) is 5.41 Å². The van der Waals surface area contributed by atoms with Gasteiger partial charge in [-0.05, 0) is 24.7 Å². The summed E-state index contributed by atoms with van der Waals surface area (Å²) in [5.74, 6) is 0. The third kappa shape index (κ3) is 12.0. The summed E-state index contributed by atoms with van der Waals surface area (Å²) in [4.78, 5) is 0. The summed E-state index contributed by atoms with van der Waals surface area (Å²) in [7, 11) is 0. The highest BCUT2D eigenvalue weighted by Gasteiger charge is 2.10. The van der Waals surface area contributed by atoms with Gasteiger partial charge in [0.05, 0.1) is 6.10 Å². The molecule has 0 amide bonds. The van der Waals surface area contributed by atoms with Gasteiger partial charge >= 0.3 is 0 Å². The van der Waals surface area contributed by atoms with E-state index in [-0.39, 0.29) is 6.10 Å². The molecule has 0 saturated carbocycles. The van der Waals surface area contributed by atoms with Crippen molar-refractivity contribution in [1.29, 1.82) is 0 Å². The van der Waals surface area contributed by atoms with E-state index >= 15 is 0 Å². The maximum Gasteiger partial charge on any atom is 0.0540 e. The van der Waals surface area contributed by atoms with Crippen molar-refractivity contribution in [3.05, 3.63) is 0 Å². The van der Waals surface area contributed by atoms with E-state index in [9.17, 15) is 5.11 Å². The van der Waals surface area contributed by atoms with Crippen molar-refractivity contribution in [2.45, 2.75) is 91.6 Å². The van der Waals surface area contributed by atoms with E-state index < -0.39 is 0 Å². The van der Waals surface area contributed by atoms with Gasteiger partial charge in [0.1, 0.15) is 0 Å². The van der Waals surface area contributed by atoms with Crippen molar-refractivity contribution in [1.82, 2.24) is 0 Å². The van der Waals surface area contributed by atoms with Crippen molar-refractivity contribution >= 4 is 0 Å². The van der Waals surface area contributed by atoms with E-state index in [0.29, 0.717) is 5.41 Å². The minimum atomic E-state index is -0.0446. The molecule has 1 N–H and O–H groups in total. The molecule has 98 valence electrons. The molecule has 0 aromatic rings. The summed E-state index contributed by atoms with van der Waals surface area (Å²) in [5.41, 5.74) is 0.450. The van der Waals surface area contributed by atoms with E-state index in [0.717, 1.165) is 12.8 Å². The van der Waals surface area contributed by atoms with Crippen LogP contribution in [-0.2, 0) is 0 Å². The van der Waals surface area contributed by atoms with Gasteiger partial charge in [0.2, 0.25) is 0 Å². The second-order valence-electron chi connectivity index (χ2n) is 6.31. The Morgan fingerprint density at radius 3 is 1.94 bits per heavy atom. The molecule has 1 nitrogen and oxygen atoms in total. The van der Waals surface area contributed by atoms with E-state index in [4.69, 9.17) is 0 Å². The minimum Gasteiger partial charge on any atom is -0.393 e. The zero-order valence-corrected chi connectivity index (χ0v) is 11.9. The number of aliphatic hydroxyl groups is 1. The first-order valence-electron chi connectivity index (χ1n) is 7.14. The van der Waals surface area contributed by atoms with E-state index in [1.807, 2.05) is 0 Å². The van der Waals surface area contributed by atoms with Crippen molar-refractivity contribution in [2.24, 2.45) is 5.41 Å². The summed E-state index contributed by atoms with van der Waals surface area (Å²) in [6.45, 7) is 9.08. The molecule has 0 aliphatic carbocycles. The predicted molar refractivity (Wildman–Crippen MR) is 72.7 cm³/mol. The third-order valence-electron chi connectivity index (χ3n) is 3.11. The molecule has 0 heterocycles. The Labute approximate surface area is 103 Å². The quantitative estimate of drug-likeness (QED) is 0.555. The van der Waals surface area contributed by atoms with Crippen molar-refractivity contribution in [2.75, 3.05) is 0 Å². The first-order chi connectivity index (χ1) is 7.45. The van der Waals surface area contributed by atoms with Crippen LogP contribution in [0.5, 0.6) is 0 Å². The fraction of sp³-hybridized carbons (Fsp3) is 1.00. The molecule has 0 aliphatic rings. The monoisotopic (exact) mass is 228 g/mol. The van der Waals surface area contributed by atoms with Gasteiger partial charge in [0.15, 0.2) is 0 Å². The molecule has 0 fully saturated rings. The Kier molecular flexibility index (Phi) is 9.02. The molecule has 0 aromatic carbocycles. The minimum absolute atomic E-state index is 0.0446. The molecule has 0 rings (SSSR count). The molecule has 0 saturated heterocycles. The maximum atomic E-state index is 9.78. The Balaban J connectivity index is 3.27. The van der Waals surface area contributed by atoms with Gasteiger partial charge in [-0.15, -0.1) is 0 Å². The number of aliphatic hydroxyl groups excluding tert-OH is 1. The molecule has 1 heteroatoms. The number of hydrogen-bond acceptors (Lipinski definition) is 1. The average Bonchev–Trinajstić information content (AvgIpc) is 2.18. The smallest absolute Gasteiger partial charge is 0.0540 e. The van der Waals surface area contributed by atoms with Gasteiger partial charge in [0, 0.05) is 0 Å². The largest absolute Gasteiger partial charge is 0.393 e. The molecule has 0 aliphatic heterocycles. The van der Waals surface area contributed by atoms with Gasteiger partial charge < -0.3 is 5.11 Å². The average molecular weight is 228 g/mol. The fourth-order valence-corrected chi connectivity index (χ4v) is 1.99. The lowest BCUT2D eigenvalue weighted by atomic mass is 9.89. The second-order valence-corrected chi connectivity index (χ2v) is 6.31. The molecular weight excluding hydrogens is 196 g/mol. The van der Waals surface area contributed by atoms with Gasteiger partial charge in [-0.1, -0.05) is 66.2 Å². The summed E-state index contributed by atoms with van der Waals surface area (Å²) in [5, 5.41) is 9.78. The first kappa shape index (κ1) is 16.0. The molecule has 0 radical (unpaired) electrons. The highest BCUT2D eigenvalue weighted by Crippen LogP contribution is 2.22. The zero-order valence-electron chi connectivity index (χ0n) is 11.9. The molecule has 1 atom stereocenters. The Hall–Kier alpha value is -0.0400. The van der Waals surface area contributed by atoms with E-state index in [1.165, 1.54) is 44.9 Å². The lowest BCUT2D eigenvalue weighted by Crippen LogP contribution is -2.08. The van der Waals surface area contributed by atoms with Crippen molar-refractivity contribution in [3.8, 4) is 0 Å². The molecule has 16 heavy (non-hydrogen) atoms. The van der Waals surface area contributed by atoms with Gasteiger partial charge in [0.25, 0.3) is 0 Å². The molecule has 0 spiro atoms. The predicted octanol–water partition coefficient (Wildman–Crippen LogP) is 4.92. The van der Waals surface area contributed by atoms with Crippen LogP contribution in [0.1, 0.15) is 85.5 Å². The SMILES string of the molecule is CCCCCCC(O)CCCCC(C)(C)C. The number of unbranched alkanes of at least 4 members (excludes halogenated alkanes) is 4. The Morgan fingerprint density at radius 1 is 0.875 bits per heavy atom. The zero-order chi connectivity index (χ0) is 12.4. The van der Waals surface area contributed by atoms with E-state index in [2.05, 4.69) is 27.7 Å². The normalized spacial score (nSPS) is 14.1. The summed E-state index contributed by atoms with van der Waals surface area (Å²) in [6, 6.07) is 0. The standard InChI is InChI=1S/C15H32O/c1-5-6-7-8-11-14(16)12-9-10-13-15(2,3)4/h14,16H,5-13H2,1-4H3. The third-order valence-corrected chi connectivity index (χ3v) is 3.11. The summed E-state index contributed by atoms with van der Waals surface area (Å²) < 4.78 is 0. The van der Waals surface area contributed by atoms with Crippen LogP contribution in [0.4, 0.5) is 0 Å². The topological polar surface area (TPSA) is 20.2 Å². The lowest BCUT2D eigenvalue weighted by molar-refractivity contribution is 0.145. The van der Waals surface area contributed by atoms with E-state index in [1.54, 1.807) is 0 Å². The summed E-state index contributed by atoms with van der Waals surface area (Å²) in [6.07, 6.45) is 10.8. The van der Waals surface area contributed by atoms with Gasteiger partial charge in [-0.25, -0.2) is 0 Å². The highest BCUT2D eigenvalue weighted by atomic mass is 16.3. The van der Waals surface area contributed by atoms with Crippen LogP contribution in [0.2, 0.25) is 0 Å². The molecule has 0 aromatic heterocycles. The maximum absolute atomic E-state index is 9.78. The van der Waals surface area contributed by atoms with Gasteiger partial charge in [-0.3, -0.25) is 0 Å². The Bertz CT molecular complexity index is 146. The highest BCUT2D eigenvalue weighted by molar-refractivity contribution is 4.63. The van der Waals surface area contributed by atoms with Crippen LogP contribution in [0.25, 0.3) is 0 Å². The molecular formula is C15H32O. The van der Waals surface area contributed by atoms with Crippen LogP contribution in [0.3, 0.4) is 0 Å².